The van der Waals surface area contributed by atoms with Crippen molar-refractivity contribution in [3.05, 3.63) is 83.9 Å². The summed E-state index contributed by atoms with van der Waals surface area (Å²) in [5, 5.41) is 8.12. The minimum Gasteiger partial charge on any atom is -0.497 e. The molecule has 4 rings (SSSR count). The van der Waals surface area contributed by atoms with Gasteiger partial charge in [-0.25, -0.2) is 0 Å². The number of para-hydroxylation sites is 1. The lowest BCUT2D eigenvalue weighted by Gasteiger charge is -2.09. The van der Waals surface area contributed by atoms with Crippen LogP contribution in [0, 0.1) is 0 Å². The van der Waals surface area contributed by atoms with E-state index in [1.54, 1.807) is 18.9 Å². The Bertz CT molecular complexity index is 1090. The Hall–Kier alpha value is -3.12. The van der Waals surface area contributed by atoms with Crippen LogP contribution in [0.25, 0.3) is 11.0 Å². The average molecular weight is 375 g/mol. The number of carbonyl (C=O) groups excluding carboxylic acids is 1. The smallest absolute Gasteiger partial charge is 0.281 e. The van der Waals surface area contributed by atoms with E-state index in [1.807, 2.05) is 72.8 Å². The maximum absolute atomic E-state index is 13.1. The summed E-state index contributed by atoms with van der Waals surface area (Å²) < 4.78 is 6.56. The van der Waals surface area contributed by atoms with Gasteiger partial charge in [-0.1, -0.05) is 41.6 Å². The largest absolute Gasteiger partial charge is 0.497 e. The number of ether oxygens (including phenoxy) is 1. The molecule has 0 radical (unpaired) electrons. The molecule has 0 fully saturated rings. The average Bonchev–Trinajstić information content (AvgIpc) is 3.16. The van der Waals surface area contributed by atoms with Crippen molar-refractivity contribution in [2.75, 3.05) is 7.11 Å². The Balaban J connectivity index is 1.59. The van der Waals surface area contributed by atoms with Gasteiger partial charge in [0.25, 0.3) is 5.91 Å². The number of hydrogen-bond acceptors (Lipinski definition) is 5. The molecule has 4 aromatic rings. The zero-order chi connectivity index (χ0) is 18.6. The van der Waals surface area contributed by atoms with E-state index in [4.69, 9.17) is 4.74 Å². The second-order valence-corrected chi connectivity index (χ2v) is 6.95. The van der Waals surface area contributed by atoms with E-state index in [0.29, 0.717) is 16.6 Å². The van der Waals surface area contributed by atoms with Gasteiger partial charge in [0, 0.05) is 10.6 Å². The van der Waals surface area contributed by atoms with Gasteiger partial charge in [0.15, 0.2) is 0 Å². The van der Waals surface area contributed by atoms with E-state index in [-0.39, 0.29) is 5.91 Å². The molecule has 0 saturated carbocycles. The second-order valence-electron chi connectivity index (χ2n) is 5.93. The third kappa shape index (κ3) is 3.57. The van der Waals surface area contributed by atoms with Crippen molar-refractivity contribution < 1.29 is 9.53 Å². The Morgan fingerprint density at radius 3 is 2.56 bits per heavy atom. The van der Waals surface area contributed by atoms with Gasteiger partial charge >= 0.3 is 0 Å². The predicted octanol–water partition coefficient (Wildman–Crippen LogP) is 4.42. The van der Waals surface area contributed by atoms with Crippen LogP contribution in [-0.4, -0.2) is 28.0 Å². The number of thioether (sulfide) groups is 1. The molecule has 0 N–H and O–H groups in total. The van der Waals surface area contributed by atoms with Crippen LogP contribution in [0.3, 0.4) is 0 Å². The SMILES string of the molecule is COc1ccc(CSc2ccccc2C(=O)n2nnc3ccccc32)cc1. The molecule has 134 valence electrons. The van der Waals surface area contributed by atoms with E-state index in [1.165, 1.54) is 4.68 Å². The quantitative estimate of drug-likeness (QED) is 0.483. The van der Waals surface area contributed by atoms with Gasteiger partial charge in [-0.15, -0.1) is 16.9 Å². The molecule has 3 aromatic carbocycles. The van der Waals surface area contributed by atoms with Crippen LogP contribution in [0.4, 0.5) is 0 Å². The fourth-order valence-corrected chi connectivity index (χ4v) is 3.79. The first kappa shape index (κ1) is 17.3. The van der Waals surface area contributed by atoms with Crippen LogP contribution in [0.15, 0.2) is 77.7 Å². The molecule has 27 heavy (non-hydrogen) atoms. The van der Waals surface area contributed by atoms with Crippen LogP contribution in [0.5, 0.6) is 5.75 Å². The van der Waals surface area contributed by atoms with Gasteiger partial charge in [-0.2, -0.15) is 4.68 Å². The molecule has 0 amide bonds. The lowest BCUT2D eigenvalue weighted by atomic mass is 10.2. The van der Waals surface area contributed by atoms with Gasteiger partial charge < -0.3 is 4.74 Å². The fourth-order valence-electron chi connectivity index (χ4n) is 2.79. The van der Waals surface area contributed by atoms with Crippen LogP contribution in [0.1, 0.15) is 15.9 Å². The highest BCUT2D eigenvalue weighted by molar-refractivity contribution is 7.98. The van der Waals surface area contributed by atoms with Gasteiger partial charge in [-0.05, 0) is 42.0 Å². The summed E-state index contributed by atoms with van der Waals surface area (Å²) in [6, 6.07) is 23.0. The maximum Gasteiger partial charge on any atom is 0.281 e. The van der Waals surface area contributed by atoms with E-state index in [0.717, 1.165) is 22.0 Å². The summed E-state index contributed by atoms with van der Waals surface area (Å²) in [5.41, 5.74) is 3.19. The Morgan fingerprint density at radius 2 is 1.74 bits per heavy atom. The molecule has 1 aromatic heterocycles. The molecular weight excluding hydrogens is 358 g/mol. The third-order valence-electron chi connectivity index (χ3n) is 4.22. The molecule has 1 heterocycles. The predicted molar refractivity (Wildman–Crippen MR) is 106 cm³/mol. The Morgan fingerprint density at radius 1 is 1.00 bits per heavy atom. The number of hydrogen-bond donors (Lipinski definition) is 0. The summed E-state index contributed by atoms with van der Waals surface area (Å²) in [5.74, 6) is 1.41. The van der Waals surface area contributed by atoms with Crippen molar-refractivity contribution in [3.63, 3.8) is 0 Å². The molecule has 0 aliphatic rings. The van der Waals surface area contributed by atoms with E-state index >= 15 is 0 Å². The van der Waals surface area contributed by atoms with Crippen molar-refractivity contribution in [1.29, 1.82) is 0 Å². The van der Waals surface area contributed by atoms with Crippen LogP contribution in [-0.2, 0) is 5.75 Å². The molecule has 6 heteroatoms. The summed E-state index contributed by atoms with van der Waals surface area (Å²) in [6.07, 6.45) is 0. The van der Waals surface area contributed by atoms with Crippen LogP contribution < -0.4 is 4.74 Å². The first-order valence-electron chi connectivity index (χ1n) is 8.46. The van der Waals surface area contributed by atoms with Gasteiger partial charge in [0.05, 0.1) is 18.2 Å². The van der Waals surface area contributed by atoms with E-state index < -0.39 is 0 Å². The van der Waals surface area contributed by atoms with E-state index in [9.17, 15) is 4.79 Å². The monoisotopic (exact) mass is 375 g/mol. The first-order chi connectivity index (χ1) is 13.3. The van der Waals surface area contributed by atoms with Crippen LogP contribution >= 0.6 is 11.8 Å². The fraction of sp³-hybridized carbons (Fsp3) is 0.0952. The number of methoxy groups -OCH3 is 1. The lowest BCUT2D eigenvalue weighted by Crippen LogP contribution is -2.14. The zero-order valence-corrected chi connectivity index (χ0v) is 15.5. The Labute approximate surface area is 161 Å². The van der Waals surface area contributed by atoms with Crippen molar-refractivity contribution in [2.24, 2.45) is 0 Å². The van der Waals surface area contributed by atoms with Crippen LogP contribution in [0.2, 0.25) is 0 Å². The van der Waals surface area contributed by atoms with Crippen molar-refractivity contribution in [3.8, 4) is 5.75 Å². The van der Waals surface area contributed by atoms with Gasteiger partial charge in [0.1, 0.15) is 11.3 Å². The highest BCUT2D eigenvalue weighted by atomic mass is 32.2. The normalized spacial score (nSPS) is 10.9. The molecule has 0 saturated heterocycles. The molecule has 0 atom stereocenters. The number of carbonyl (C=O) groups is 1. The van der Waals surface area contributed by atoms with E-state index in [2.05, 4.69) is 10.3 Å². The number of benzene rings is 3. The minimum atomic E-state index is -0.179. The Kier molecular flexibility index (Phi) is 4.89. The zero-order valence-electron chi connectivity index (χ0n) is 14.7. The summed E-state index contributed by atoms with van der Waals surface area (Å²) in [6.45, 7) is 0. The molecule has 0 unspecified atom stereocenters. The summed E-state index contributed by atoms with van der Waals surface area (Å²) >= 11 is 1.62. The topological polar surface area (TPSA) is 57.0 Å². The highest BCUT2D eigenvalue weighted by Crippen LogP contribution is 2.28. The third-order valence-corrected chi connectivity index (χ3v) is 5.36. The number of rotatable bonds is 5. The lowest BCUT2D eigenvalue weighted by molar-refractivity contribution is 0.0945. The molecule has 0 aliphatic carbocycles. The molecule has 0 aliphatic heterocycles. The number of nitrogens with zero attached hydrogens (tertiary/aromatic N) is 3. The molecule has 0 spiro atoms. The standard InChI is InChI=1S/C21H17N3O2S/c1-26-16-12-10-15(11-13-16)14-27-20-9-5-2-6-17(20)21(25)24-19-8-4-3-7-18(19)22-23-24/h2-13H,14H2,1H3. The van der Waals surface area contributed by atoms with Crippen molar-refractivity contribution in [2.45, 2.75) is 10.6 Å². The summed E-state index contributed by atoms with van der Waals surface area (Å²) in [4.78, 5) is 14.0. The maximum atomic E-state index is 13.1. The number of aromatic nitrogens is 3. The number of fused-ring (bicyclic) bond motifs is 1. The van der Waals surface area contributed by atoms with Crippen molar-refractivity contribution >= 4 is 28.7 Å². The second kappa shape index (κ2) is 7.63. The van der Waals surface area contributed by atoms with Crippen molar-refractivity contribution in [1.82, 2.24) is 15.0 Å². The molecule has 0 bridgehead atoms. The molecule has 5 nitrogen and oxygen atoms in total. The van der Waals surface area contributed by atoms with Gasteiger partial charge in [-0.3, -0.25) is 4.79 Å². The molecular formula is C21H17N3O2S. The highest BCUT2D eigenvalue weighted by Gasteiger charge is 2.17. The summed E-state index contributed by atoms with van der Waals surface area (Å²) in [7, 11) is 1.65. The van der Waals surface area contributed by atoms with Gasteiger partial charge in [0.2, 0.25) is 0 Å². The minimum absolute atomic E-state index is 0.179. The first-order valence-corrected chi connectivity index (χ1v) is 9.45.